The number of fused-ring (bicyclic) bond motifs is 1. The van der Waals surface area contributed by atoms with Gasteiger partial charge >= 0.3 is 5.76 Å². The first kappa shape index (κ1) is 15.0. The number of nitrogens with zero attached hydrogens (tertiary/aromatic N) is 2. The molecule has 1 N–H and O–H groups in total. The normalized spacial score (nSPS) is 10.9. The van der Waals surface area contributed by atoms with Gasteiger partial charge in [-0.15, -0.1) is 0 Å². The fourth-order valence-electron chi connectivity index (χ4n) is 2.43. The predicted octanol–water partition coefficient (Wildman–Crippen LogP) is 2.41. The van der Waals surface area contributed by atoms with Crippen LogP contribution in [0.3, 0.4) is 0 Å². The highest BCUT2D eigenvalue weighted by Gasteiger charge is 2.08. The molecule has 0 aliphatic heterocycles. The van der Waals surface area contributed by atoms with Gasteiger partial charge in [0.15, 0.2) is 5.58 Å². The van der Waals surface area contributed by atoms with Crippen LogP contribution in [-0.4, -0.2) is 15.5 Å². The van der Waals surface area contributed by atoms with Crippen molar-refractivity contribution in [2.45, 2.75) is 19.8 Å². The molecule has 6 nitrogen and oxygen atoms in total. The van der Waals surface area contributed by atoms with E-state index in [-0.39, 0.29) is 11.7 Å². The number of aryl methyl sites for hydroxylation is 3. The van der Waals surface area contributed by atoms with Crippen LogP contribution in [0.5, 0.6) is 0 Å². The minimum atomic E-state index is -0.386. The van der Waals surface area contributed by atoms with Gasteiger partial charge in [0, 0.05) is 31.0 Å². The number of carbonyl (C=O) groups is 1. The molecule has 118 valence electrons. The Bertz CT molecular complexity index is 924. The van der Waals surface area contributed by atoms with Gasteiger partial charge in [-0.2, -0.15) is 0 Å². The van der Waals surface area contributed by atoms with E-state index in [9.17, 15) is 9.59 Å². The Morgan fingerprint density at radius 3 is 2.91 bits per heavy atom. The third-order valence-electron chi connectivity index (χ3n) is 3.68. The van der Waals surface area contributed by atoms with Gasteiger partial charge in [-0.1, -0.05) is 6.07 Å². The summed E-state index contributed by atoms with van der Waals surface area (Å²) in [6, 6.07) is 9.10. The lowest BCUT2D eigenvalue weighted by atomic mass is 10.1. The standard InChI is InChI=1S/C17H17N3O3/c1-11-9-13(7-8-18-11)19-16(21)6-4-12-3-5-15-14(10-12)20(2)17(22)23-15/h3,5,7-10H,4,6H2,1-2H3,(H,18,19,21). The largest absolute Gasteiger partial charge is 0.419 e. The minimum Gasteiger partial charge on any atom is -0.408 e. The number of anilines is 1. The summed E-state index contributed by atoms with van der Waals surface area (Å²) in [5, 5.41) is 2.85. The Morgan fingerprint density at radius 1 is 1.30 bits per heavy atom. The molecule has 23 heavy (non-hydrogen) atoms. The van der Waals surface area contributed by atoms with E-state index >= 15 is 0 Å². The zero-order valence-corrected chi connectivity index (χ0v) is 13.0. The van der Waals surface area contributed by atoms with Crippen molar-refractivity contribution in [3.05, 3.63) is 58.3 Å². The van der Waals surface area contributed by atoms with E-state index in [1.807, 2.05) is 25.1 Å². The average molecular weight is 311 g/mol. The zero-order valence-electron chi connectivity index (χ0n) is 13.0. The first-order valence-corrected chi connectivity index (χ1v) is 7.34. The maximum absolute atomic E-state index is 12.0. The monoisotopic (exact) mass is 311 g/mol. The van der Waals surface area contributed by atoms with Gasteiger partial charge in [-0.3, -0.25) is 14.3 Å². The molecule has 0 bridgehead atoms. The quantitative estimate of drug-likeness (QED) is 0.802. The number of carbonyl (C=O) groups excluding carboxylic acids is 1. The van der Waals surface area contributed by atoms with Crippen molar-refractivity contribution in [3.63, 3.8) is 0 Å². The van der Waals surface area contributed by atoms with Crippen molar-refractivity contribution < 1.29 is 9.21 Å². The molecule has 0 saturated carbocycles. The van der Waals surface area contributed by atoms with Crippen molar-refractivity contribution in [2.24, 2.45) is 7.05 Å². The molecule has 0 aliphatic rings. The summed E-state index contributed by atoms with van der Waals surface area (Å²) in [5.41, 5.74) is 3.87. The molecular weight excluding hydrogens is 294 g/mol. The van der Waals surface area contributed by atoms with Crippen LogP contribution in [0, 0.1) is 6.92 Å². The highest BCUT2D eigenvalue weighted by molar-refractivity contribution is 5.90. The fourth-order valence-corrected chi connectivity index (χ4v) is 2.43. The molecule has 0 atom stereocenters. The van der Waals surface area contributed by atoms with E-state index in [0.29, 0.717) is 18.4 Å². The Balaban J connectivity index is 1.67. The van der Waals surface area contributed by atoms with E-state index in [1.165, 1.54) is 4.57 Å². The molecule has 2 aromatic heterocycles. The first-order valence-electron chi connectivity index (χ1n) is 7.34. The maximum atomic E-state index is 12.0. The van der Waals surface area contributed by atoms with Gasteiger partial charge < -0.3 is 9.73 Å². The molecule has 3 rings (SSSR count). The highest BCUT2D eigenvalue weighted by atomic mass is 16.4. The molecule has 0 unspecified atom stereocenters. The molecule has 3 aromatic rings. The number of aromatic nitrogens is 2. The van der Waals surface area contributed by atoms with E-state index in [1.54, 1.807) is 25.4 Å². The van der Waals surface area contributed by atoms with Gasteiger partial charge in [-0.05, 0) is 43.2 Å². The summed E-state index contributed by atoms with van der Waals surface area (Å²) in [6.45, 7) is 1.88. The smallest absolute Gasteiger partial charge is 0.408 e. The lowest BCUT2D eigenvalue weighted by molar-refractivity contribution is -0.116. The van der Waals surface area contributed by atoms with Crippen LogP contribution in [0.2, 0.25) is 0 Å². The number of amides is 1. The molecular formula is C17H17N3O3. The van der Waals surface area contributed by atoms with Crippen LogP contribution >= 0.6 is 0 Å². The molecule has 0 spiro atoms. The van der Waals surface area contributed by atoms with Crippen LogP contribution in [0.15, 0.2) is 45.7 Å². The SMILES string of the molecule is Cc1cc(NC(=O)CCc2ccc3oc(=O)n(C)c3c2)ccn1. The molecule has 0 fully saturated rings. The topological polar surface area (TPSA) is 77.1 Å². The Hall–Kier alpha value is -2.89. The summed E-state index contributed by atoms with van der Waals surface area (Å²) in [6.07, 6.45) is 2.61. The van der Waals surface area contributed by atoms with E-state index in [4.69, 9.17) is 4.42 Å². The molecule has 1 amide bonds. The minimum absolute atomic E-state index is 0.0585. The van der Waals surface area contributed by atoms with Gasteiger partial charge in [0.25, 0.3) is 0 Å². The Labute approximate surface area is 132 Å². The lowest BCUT2D eigenvalue weighted by Crippen LogP contribution is -2.12. The first-order chi connectivity index (χ1) is 11.0. The molecule has 1 aromatic carbocycles. The average Bonchev–Trinajstić information content (AvgIpc) is 2.80. The highest BCUT2D eigenvalue weighted by Crippen LogP contribution is 2.16. The summed E-state index contributed by atoms with van der Waals surface area (Å²) < 4.78 is 6.55. The van der Waals surface area contributed by atoms with Crippen molar-refractivity contribution in [2.75, 3.05) is 5.32 Å². The number of rotatable bonds is 4. The molecule has 0 saturated heterocycles. The van der Waals surface area contributed by atoms with Gasteiger partial charge in [0.1, 0.15) is 0 Å². The molecule has 6 heteroatoms. The summed E-state index contributed by atoms with van der Waals surface area (Å²) >= 11 is 0. The number of oxazole rings is 1. The second-order valence-electron chi connectivity index (χ2n) is 5.46. The van der Waals surface area contributed by atoms with Gasteiger partial charge in [-0.25, -0.2) is 4.79 Å². The van der Waals surface area contributed by atoms with Crippen molar-refractivity contribution in [1.82, 2.24) is 9.55 Å². The van der Waals surface area contributed by atoms with Crippen LogP contribution in [0.4, 0.5) is 5.69 Å². The third-order valence-corrected chi connectivity index (χ3v) is 3.68. The second-order valence-corrected chi connectivity index (χ2v) is 5.46. The van der Waals surface area contributed by atoms with Crippen LogP contribution < -0.4 is 11.1 Å². The van der Waals surface area contributed by atoms with E-state index in [0.717, 1.165) is 22.5 Å². The van der Waals surface area contributed by atoms with Crippen molar-refractivity contribution in [3.8, 4) is 0 Å². The number of benzene rings is 1. The fraction of sp³-hybridized carbons (Fsp3) is 0.235. The third kappa shape index (κ3) is 3.31. The molecule has 0 aliphatic carbocycles. The summed E-state index contributed by atoms with van der Waals surface area (Å²) in [7, 11) is 1.66. The van der Waals surface area contributed by atoms with Crippen LogP contribution in [-0.2, 0) is 18.3 Å². The van der Waals surface area contributed by atoms with Crippen LogP contribution in [0.1, 0.15) is 17.7 Å². The second kappa shape index (κ2) is 6.08. The Kier molecular flexibility index (Phi) is 3.97. The number of nitrogens with one attached hydrogen (secondary N) is 1. The maximum Gasteiger partial charge on any atom is 0.419 e. The zero-order chi connectivity index (χ0) is 16.4. The van der Waals surface area contributed by atoms with E-state index in [2.05, 4.69) is 10.3 Å². The lowest BCUT2D eigenvalue weighted by Gasteiger charge is -2.06. The number of hydrogen-bond donors (Lipinski definition) is 1. The molecule has 2 heterocycles. The molecule has 0 radical (unpaired) electrons. The van der Waals surface area contributed by atoms with Crippen LogP contribution in [0.25, 0.3) is 11.1 Å². The summed E-state index contributed by atoms with van der Waals surface area (Å²) in [5.74, 6) is -0.445. The number of hydrogen-bond acceptors (Lipinski definition) is 4. The van der Waals surface area contributed by atoms with Crippen molar-refractivity contribution >= 4 is 22.7 Å². The Morgan fingerprint density at radius 2 is 2.13 bits per heavy atom. The van der Waals surface area contributed by atoms with Gasteiger partial charge in [0.2, 0.25) is 5.91 Å². The van der Waals surface area contributed by atoms with Gasteiger partial charge in [0.05, 0.1) is 5.52 Å². The summed E-state index contributed by atoms with van der Waals surface area (Å²) in [4.78, 5) is 27.6. The van der Waals surface area contributed by atoms with Crippen molar-refractivity contribution in [1.29, 1.82) is 0 Å². The van der Waals surface area contributed by atoms with E-state index < -0.39 is 0 Å². The predicted molar refractivity (Wildman–Crippen MR) is 87.4 cm³/mol. The number of pyridine rings is 1.